The van der Waals surface area contributed by atoms with Crippen LogP contribution in [0.25, 0.3) is 0 Å². The van der Waals surface area contributed by atoms with E-state index in [1.807, 2.05) is 0 Å². The van der Waals surface area contributed by atoms with Gasteiger partial charge in [-0.25, -0.2) is 8.42 Å². The zero-order valence-corrected chi connectivity index (χ0v) is 9.50. The van der Waals surface area contributed by atoms with Gasteiger partial charge in [0.25, 0.3) is 0 Å². The average Bonchev–Trinajstić information content (AvgIpc) is 2.18. The smallest absolute Gasteiger partial charge is 0.304 e. The van der Waals surface area contributed by atoms with Crippen molar-refractivity contribution in [2.45, 2.75) is 36.7 Å². The van der Waals surface area contributed by atoms with Crippen molar-refractivity contribution >= 4 is 15.8 Å². The predicted molar refractivity (Wildman–Crippen MR) is 54.5 cm³/mol. The summed E-state index contributed by atoms with van der Waals surface area (Å²) < 4.78 is 28.9. The van der Waals surface area contributed by atoms with Crippen LogP contribution in [0.3, 0.4) is 0 Å². The van der Waals surface area contributed by atoms with Crippen molar-refractivity contribution in [3.63, 3.8) is 0 Å². The molecular formula is C9H16O5S. The average molecular weight is 236 g/mol. The second kappa shape index (κ2) is 4.94. The molecule has 2 unspecified atom stereocenters. The number of hydrogen-bond acceptors (Lipinski definition) is 4. The molecule has 0 amide bonds. The molecule has 88 valence electrons. The van der Waals surface area contributed by atoms with Crippen LogP contribution in [0.15, 0.2) is 0 Å². The van der Waals surface area contributed by atoms with Gasteiger partial charge in [-0.05, 0) is 19.8 Å². The van der Waals surface area contributed by atoms with Crippen LogP contribution < -0.4 is 0 Å². The molecule has 0 saturated carbocycles. The number of hydrogen-bond donors (Lipinski definition) is 1. The van der Waals surface area contributed by atoms with Crippen molar-refractivity contribution in [1.29, 1.82) is 0 Å². The van der Waals surface area contributed by atoms with Crippen LogP contribution in [0, 0.1) is 0 Å². The molecule has 0 aliphatic carbocycles. The molecular weight excluding hydrogens is 220 g/mol. The Hall–Kier alpha value is -0.620. The summed E-state index contributed by atoms with van der Waals surface area (Å²) in [6.07, 6.45) is 0.967. The molecule has 0 aromatic carbocycles. The molecule has 1 aliphatic heterocycles. The van der Waals surface area contributed by atoms with Crippen molar-refractivity contribution in [1.82, 2.24) is 0 Å². The fraction of sp³-hybridized carbons (Fsp3) is 0.889. The third kappa shape index (κ3) is 3.17. The normalized spacial score (nSPS) is 24.7. The fourth-order valence-electron chi connectivity index (χ4n) is 1.66. The first-order chi connectivity index (χ1) is 6.94. The Morgan fingerprint density at radius 2 is 2.27 bits per heavy atom. The zero-order valence-electron chi connectivity index (χ0n) is 8.68. The van der Waals surface area contributed by atoms with E-state index in [4.69, 9.17) is 9.84 Å². The standard InChI is InChI=1S/C9H16O5S/c1-7(5-9(10)11)15(12,13)8-3-2-4-14-6-8/h7-8H,2-6H2,1H3,(H,10,11). The Morgan fingerprint density at radius 1 is 1.60 bits per heavy atom. The number of ether oxygens (including phenoxy) is 1. The highest BCUT2D eigenvalue weighted by Crippen LogP contribution is 2.20. The first-order valence-corrected chi connectivity index (χ1v) is 6.57. The summed E-state index contributed by atoms with van der Waals surface area (Å²) >= 11 is 0. The maximum absolute atomic E-state index is 11.9. The monoisotopic (exact) mass is 236 g/mol. The van der Waals surface area contributed by atoms with E-state index in [1.54, 1.807) is 0 Å². The SMILES string of the molecule is CC(CC(=O)O)S(=O)(=O)C1CCCOC1. The van der Waals surface area contributed by atoms with Gasteiger partial charge in [-0.3, -0.25) is 4.79 Å². The van der Waals surface area contributed by atoms with Crippen LogP contribution in [-0.2, 0) is 19.4 Å². The molecule has 2 atom stereocenters. The zero-order chi connectivity index (χ0) is 11.5. The lowest BCUT2D eigenvalue weighted by atomic mass is 10.2. The third-order valence-electron chi connectivity index (χ3n) is 2.61. The van der Waals surface area contributed by atoms with Crippen LogP contribution in [0.5, 0.6) is 0 Å². The highest BCUT2D eigenvalue weighted by molar-refractivity contribution is 7.92. The van der Waals surface area contributed by atoms with Gasteiger partial charge >= 0.3 is 5.97 Å². The fourth-order valence-corrected chi connectivity index (χ4v) is 3.47. The van der Waals surface area contributed by atoms with E-state index in [0.717, 1.165) is 6.42 Å². The van der Waals surface area contributed by atoms with Crippen molar-refractivity contribution < 1.29 is 23.1 Å². The molecule has 0 bridgehead atoms. The molecule has 1 aliphatic rings. The minimum absolute atomic E-state index is 0.201. The topological polar surface area (TPSA) is 80.7 Å². The van der Waals surface area contributed by atoms with E-state index in [0.29, 0.717) is 13.0 Å². The molecule has 0 radical (unpaired) electrons. The largest absolute Gasteiger partial charge is 0.481 e. The number of aliphatic carboxylic acids is 1. The van der Waals surface area contributed by atoms with Crippen molar-refractivity contribution in [2.24, 2.45) is 0 Å². The van der Waals surface area contributed by atoms with Gasteiger partial charge in [-0.15, -0.1) is 0 Å². The van der Waals surface area contributed by atoms with Crippen LogP contribution in [0.1, 0.15) is 26.2 Å². The van der Waals surface area contributed by atoms with Crippen LogP contribution in [0.2, 0.25) is 0 Å². The maximum atomic E-state index is 11.9. The molecule has 5 nitrogen and oxygen atoms in total. The second-order valence-electron chi connectivity index (χ2n) is 3.84. The summed E-state index contributed by atoms with van der Waals surface area (Å²) in [6, 6.07) is 0. The van der Waals surface area contributed by atoms with Gasteiger partial charge < -0.3 is 9.84 Å². The van der Waals surface area contributed by atoms with Gasteiger partial charge in [0.1, 0.15) is 0 Å². The minimum Gasteiger partial charge on any atom is -0.481 e. The molecule has 0 aromatic heterocycles. The highest BCUT2D eigenvalue weighted by atomic mass is 32.2. The molecule has 1 N–H and O–H groups in total. The van der Waals surface area contributed by atoms with Crippen LogP contribution in [-0.4, -0.2) is 43.2 Å². The van der Waals surface area contributed by atoms with E-state index in [1.165, 1.54) is 6.92 Å². The molecule has 6 heteroatoms. The number of rotatable bonds is 4. The molecule has 1 rings (SSSR count). The summed E-state index contributed by atoms with van der Waals surface area (Å²) in [5, 5.41) is 7.19. The van der Waals surface area contributed by atoms with Gasteiger partial charge in [0, 0.05) is 6.61 Å². The number of carboxylic acids is 1. The van der Waals surface area contributed by atoms with E-state index in [-0.39, 0.29) is 13.0 Å². The van der Waals surface area contributed by atoms with Crippen LogP contribution in [0.4, 0.5) is 0 Å². The Balaban J connectivity index is 2.67. The summed E-state index contributed by atoms with van der Waals surface area (Å²) in [6.45, 7) is 2.24. The number of sulfone groups is 1. The molecule has 0 spiro atoms. The predicted octanol–water partition coefficient (Wildman–Crippen LogP) is 0.443. The van der Waals surface area contributed by atoms with E-state index in [2.05, 4.69) is 0 Å². The number of carboxylic acid groups (broad SMARTS) is 1. The van der Waals surface area contributed by atoms with Crippen LogP contribution >= 0.6 is 0 Å². The van der Waals surface area contributed by atoms with Crippen molar-refractivity contribution in [3.05, 3.63) is 0 Å². The Morgan fingerprint density at radius 3 is 2.73 bits per heavy atom. The van der Waals surface area contributed by atoms with Gasteiger partial charge in [0.15, 0.2) is 9.84 Å². The van der Waals surface area contributed by atoms with Gasteiger partial charge in [0.05, 0.1) is 23.5 Å². The first-order valence-electron chi connectivity index (χ1n) is 4.97. The lowest BCUT2D eigenvalue weighted by Crippen LogP contribution is -2.37. The maximum Gasteiger partial charge on any atom is 0.304 e. The molecule has 1 fully saturated rings. The van der Waals surface area contributed by atoms with Gasteiger partial charge in [-0.1, -0.05) is 0 Å². The summed E-state index contributed by atoms with van der Waals surface area (Å²) in [5.41, 5.74) is 0. The molecule has 15 heavy (non-hydrogen) atoms. The second-order valence-corrected chi connectivity index (χ2v) is 6.49. The summed E-state index contributed by atoms with van der Waals surface area (Å²) in [7, 11) is -3.36. The minimum atomic E-state index is -3.36. The Labute approximate surface area is 89.3 Å². The lowest BCUT2D eigenvalue weighted by Gasteiger charge is -2.24. The van der Waals surface area contributed by atoms with Gasteiger partial charge in [0.2, 0.25) is 0 Å². The number of carbonyl (C=O) groups is 1. The first kappa shape index (κ1) is 12.4. The lowest BCUT2D eigenvalue weighted by molar-refractivity contribution is -0.136. The van der Waals surface area contributed by atoms with Crippen molar-refractivity contribution in [2.75, 3.05) is 13.2 Å². The van der Waals surface area contributed by atoms with E-state index < -0.39 is 26.3 Å². The summed E-state index contributed by atoms with van der Waals surface area (Å²) in [5.74, 6) is -1.08. The molecule has 0 aromatic rings. The van der Waals surface area contributed by atoms with Gasteiger partial charge in [-0.2, -0.15) is 0 Å². The Bertz CT molecular complexity index is 315. The molecule has 1 saturated heterocycles. The Kier molecular flexibility index (Phi) is 4.10. The van der Waals surface area contributed by atoms with E-state index >= 15 is 0 Å². The highest BCUT2D eigenvalue weighted by Gasteiger charge is 2.33. The van der Waals surface area contributed by atoms with Crippen molar-refractivity contribution in [3.8, 4) is 0 Å². The van der Waals surface area contributed by atoms with E-state index in [9.17, 15) is 13.2 Å². The quantitative estimate of drug-likeness (QED) is 0.766. The third-order valence-corrected chi connectivity index (χ3v) is 5.20. The summed E-state index contributed by atoms with van der Waals surface area (Å²) in [4.78, 5) is 10.4. The molecule has 1 heterocycles.